The molecule has 1 aromatic carbocycles. The first-order valence-electron chi connectivity index (χ1n) is 7.40. The number of fused-ring (bicyclic) bond motifs is 1. The lowest BCUT2D eigenvalue weighted by Gasteiger charge is -2.16. The first-order chi connectivity index (χ1) is 12.3. The number of nitro groups is 1. The first kappa shape index (κ1) is 17.1. The molecule has 5 N–H and O–H groups in total. The van der Waals surface area contributed by atoms with Crippen LogP contribution in [0.3, 0.4) is 0 Å². The van der Waals surface area contributed by atoms with E-state index in [-0.39, 0.29) is 47.2 Å². The first-order valence-corrected chi connectivity index (χ1v) is 7.40. The smallest absolute Gasteiger partial charge is 0.271 e. The van der Waals surface area contributed by atoms with E-state index in [1.54, 1.807) is 0 Å². The van der Waals surface area contributed by atoms with Crippen LogP contribution in [0.25, 0.3) is 5.69 Å². The normalized spacial score (nSPS) is 12.7. The minimum Gasteiger partial charge on any atom is -0.395 e. The predicted molar refractivity (Wildman–Crippen MR) is 90.5 cm³/mol. The number of anilines is 2. The highest BCUT2D eigenvalue weighted by atomic mass is 16.6. The Morgan fingerprint density at radius 2 is 1.96 bits per heavy atom. The number of imide groups is 1. The molecule has 0 atom stereocenters. The van der Waals surface area contributed by atoms with Gasteiger partial charge in [-0.05, 0) is 6.07 Å². The second kappa shape index (κ2) is 6.29. The lowest BCUT2D eigenvalue weighted by atomic mass is 10.1. The van der Waals surface area contributed by atoms with Gasteiger partial charge in [-0.1, -0.05) is 0 Å². The van der Waals surface area contributed by atoms with Gasteiger partial charge in [0.1, 0.15) is 5.82 Å². The molecule has 134 valence electrons. The summed E-state index contributed by atoms with van der Waals surface area (Å²) in [6.07, 6.45) is 0. The second-order valence-electron chi connectivity index (χ2n) is 5.38. The van der Waals surface area contributed by atoms with Crippen LogP contribution in [0.15, 0.2) is 29.1 Å². The zero-order chi connectivity index (χ0) is 19.0. The number of aromatic nitrogens is 1. The van der Waals surface area contributed by atoms with Crippen molar-refractivity contribution in [1.82, 2.24) is 9.88 Å². The number of nitrogen functional groups attached to an aromatic ring is 1. The van der Waals surface area contributed by atoms with Crippen molar-refractivity contribution in [2.45, 2.75) is 0 Å². The Labute approximate surface area is 145 Å². The fraction of sp³-hybridized carbons (Fsp3) is 0.133. The molecule has 2 aromatic rings. The van der Waals surface area contributed by atoms with E-state index in [2.05, 4.69) is 5.32 Å². The number of aliphatic hydroxyl groups excluding tert-OH is 1. The Morgan fingerprint density at radius 3 is 2.62 bits per heavy atom. The maximum Gasteiger partial charge on any atom is 0.271 e. The fourth-order valence-electron chi connectivity index (χ4n) is 2.69. The summed E-state index contributed by atoms with van der Waals surface area (Å²) in [5.74, 6) is -1.81. The number of hydrogen-bond acceptors (Lipinski definition) is 8. The summed E-state index contributed by atoms with van der Waals surface area (Å²) in [6.45, 7) is -0.106. The molecule has 1 aliphatic heterocycles. The maximum absolute atomic E-state index is 12.5. The van der Waals surface area contributed by atoms with Gasteiger partial charge in [-0.2, -0.15) is 0 Å². The maximum atomic E-state index is 12.5. The number of hydrogen-bond donors (Lipinski definition) is 4. The molecule has 0 radical (unpaired) electrons. The minimum atomic E-state index is -0.758. The third kappa shape index (κ3) is 2.65. The number of nitrogens with two attached hydrogens (primary N) is 1. The van der Waals surface area contributed by atoms with Gasteiger partial charge in [-0.25, -0.2) is 0 Å². The molecule has 1 aromatic heterocycles. The summed E-state index contributed by atoms with van der Waals surface area (Å²) in [6, 6.07) is 4.63. The van der Waals surface area contributed by atoms with E-state index < -0.39 is 22.3 Å². The summed E-state index contributed by atoms with van der Waals surface area (Å²) >= 11 is 0. The Morgan fingerprint density at radius 1 is 1.23 bits per heavy atom. The van der Waals surface area contributed by atoms with Crippen LogP contribution in [0.2, 0.25) is 0 Å². The van der Waals surface area contributed by atoms with Gasteiger partial charge in [0.05, 0.1) is 34.0 Å². The summed E-state index contributed by atoms with van der Waals surface area (Å²) in [4.78, 5) is 46.6. The number of carbonyl (C=O) groups is 2. The molecule has 0 aliphatic carbocycles. The number of aliphatic hydroxyl groups is 1. The van der Waals surface area contributed by atoms with Crippen molar-refractivity contribution in [2.24, 2.45) is 0 Å². The van der Waals surface area contributed by atoms with Gasteiger partial charge in [0.2, 0.25) is 0 Å². The van der Waals surface area contributed by atoms with Crippen LogP contribution in [0, 0.1) is 10.1 Å². The van der Waals surface area contributed by atoms with Crippen molar-refractivity contribution in [3.63, 3.8) is 0 Å². The van der Waals surface area contributed by atoms with E-state index in [4.69, 9.17) is 10.8 Å². The topological polar surface area (TPSA) is 170 Å². The molecule has 0 bridgehead atoms. The van der Waals surface area contributed by atoms with E-state index in [0.717, 1.165) is 16.7 Å². The Hall–Kier alpha value is -3.73. The Balaban J connectivity index is 2.29. The van der Waals surface area contributed by atoms with Crippen LogP contribution in [-0.4, -0.2) is 39.6 Å². The summed E-state index contributed by atoms with van der Waals surface area (Å²) < 4.78 is 0.906. The Bertz CT molecular complexity index is 1010. The van der Waals surface area contributed by atoms with Gasteiger partial charge in [0, 0.05) is 24.7 Å². The van der Waals surface area contributed by atoms with Crippen LogP contribution in [-0.2, 0) is 0 Å². The van der Waals surface area contributed by atoms with Crippen molar-refractivity contribution in [1.29, 1.82) is 0 Å². The van der Waals surface area contributed by atoms with Crippen LogP contribution in [0.5, 0.6) is 0 Å². The van der Waals surface area contributed by atoms with Crippen molar-refractivity contribution in [3.05, 3.63) is 55.9 Å². The third-order valence-electron chi connectivity index (χ3n) is 3.81. The summed E-state index contributed by atoms with van der Waals surface area (Å²) in [5.41, 5.74) is 4.88. The van der Waals surface area contributed by atoms with Crippen molar-refractivity contribution in [2.75, 3.05) is 24.2 Å². The van der Waals surface area contributed by atoms with Crippen LogP contribution >= 0.6 is 0 Å². The zero-order valence-corrected chi connectivity index (χ0v) is 13.2. The number of nitro benzene ring substituents is 1. The van der Waals surface area contributed by atoms with E-state index in [9.17, 15) is 24.5 Å². The standard InChI is InChI=1S/C15H13N5O6/c16-13-12-8(14(23)18-15(12)24)6-11(22)19(13)10-5-7(20(25)26)1-2-9(10)17-3-4-21/h1-2,5-6,17,21H,3-4,16H2,(H,18,23,24). The second-order valence-corrected chi connectivity index (χ2v) is 5.38. The molecule has 2 amide bonds. The number of rotatable bonds is 5. The molecule has 0 saturated carbocycles. The summed E-state index contributed by atoms with van der Waals surface area (Å²) in [7, 11) is 0. The molecule has 0 fully saturated rings. The quantitative estimate of drug-likeness (QED) is 0.318. The number of nitrogens with zero attached hydrogens (tertiary/aromatic N) is 2. The predicted octanol–water partition coefficient (Wildman–Crippen LogP) is -0.384. The molecule has 2 heterocycles. The molecular weight excluding hydrogens is 346 g/mol. The van der Waals surface area contributed by atoms with Gasteiger partial charge in [-0.15, -0.1) is 0 Å². The van der Waals surface area contributed by atoms with Gasteiger partial charge in [0.25, 0.3) is 23.1 Å². The van der Waals surface area contributed by atoms with Crippen molar-refractivity contribution < 1.29 is 19.6 Å². The monoisotopic (exact) mass is 359 g/mol. The fourth-order valence-corrected chi connectivity index (χ4v) is 2.69. The third-order valence-corrected chi connectivity index (χ3v) is 3.81. The highest BCUT2D eigenvalue weighted by molar-refractivity contribution is 6.23. The van der Waals surface area contributed by atoms with E-state index in [1.807, 2.05) is 5.32 Å². The minimum absolute atomic E-state index is 0.0186. The number of pyridine rings is 1. The average Bonchev–Trinajstić information content (AvgIpc) is 2.87. The lowest BCUT2D eigenvalue weighted by Crippen LogP contribution is -2.25. The van der Waals surface area contributed by atoms with Crippen molar-refractivity contribution >= 4 is 29.0 Å². The van der Waals surface area contributed by atoms with E-state index in [1.165, 1.54) is 12.1 Å². The number of non-ortho nitro benzene ring substituents is 1. The molecular formula is C15H13N5O6. The number of amides is 2. The molecule has 0 unspecified atom stereocenters. The number of nitrogens with one attached hydrogen (secondary N) is 2. The summed E-state index contributed by atoms with van der Waals surface area (Å²) in [5, 5.41) is 24.9. The van der Waals surface area contributed by atoms with Gasteiger partial charge in [0.15, 0.2) is 0 Å². The number of carbonyl (C=O) groups excluding carboxylic acids is 2. The SMILES string of the molecule is Nc1c2c(cc(=O)n1-c1cc([N+](=O)[O-])ccc1NCCO)C(=O)NC2=O. The van der Waals surface area contributed by atoms with E-state index in [0.29, 0.717) is 0 Å². The largest absolute Gasteiger partial charge is 0.395 e. The van der Waals surface area contributed by atoms with Gasteiger partial charge >= 0.3 is 0 Å². The van der Waals surface area contributed by atoms with Crippen molar-refractivity contribution in [3.8, 4) is 5.69 Å². The van der Waals surface area contributed by atoms with Crippen LogP contribution in [0.4, 0.5) is 17.2 Å². The highest BCUT2D eigenvalue weighted by Gasteiger charge is 2.32. The molecule has 11 nitrogen and oxygen atoms in total. The average molecular weight is 359 g/mol. The zero-order valence-electron chi connectivity index (χ0n) is 13.2. The molecule has 0 spiro atoms. The van der Waals surface area contributed by atoms with Crippen LogP contribution < -0.4 is 21.9 Å². The van der Waals surface area contributed by atoms with Gasteiger partial charge in [-0.3, -0.25) is 34.4 Å². The molecule has 11 heteroatoms. The lowest BCUT2D eigenvalue weighted by molar-refractivity contribution is -0.384. The van der Waals surface area contributed by atoms with Gasteiger partial charge < -0.3 is 16.2 Å². The molecule has 3 rings (SSSR count). The number of benzene rings is 1. The molecule has 0 saturated heterocycles. The highest BCUT2D eigenvalue weighted by Crippen LogP contribution is 2.29. The van der Waals surface area contributed by atoms with E-state index >= 15 is 0 Å². The molecule has 1 aliphatic rings. The van der Waals surface area contributed by atoms with Crippen LogP contribution in [0.1, 0.15) is 20.7 Å². The Kier molecular flexibility index (Phi) is 4.14. The molecule has 26 heavy (non-hydrogen) atoms.